The van der Waals surface area contributed by atoms with Crippen LogP contribution in [0.15, 0.2) is 223 Å². The molecule has 3 aromatic heterocycles. The number of furan rings is 1. The highest BCUT2D eigenvalue weighted by Crippen LogP contribution is 2.41. The smallest absolute Gasteiger partial charge is 0.164 e. The molecule has 0 aliphatic heterocycles. The van der Waals surface area contributed by atoms with Crippen LogP contribution in [0.3, 0.4) is 0 Å². The molecule has 290 valence electrons. The van der Waals surface area contributed by atoms with Crippen molar-refractivity contribution in [2.45, 2.75) is 0 Å². The van der Waals surface area contributed by atoms with Gasteiger partial charge in [-0.25, -0.2) is 15.0 Å². The van der Waals surface area contributed by atoms with Gasteiger partial charge >= 0.3 is 0 Å². The SMILES string of the molecule is c1ccc(-c2ccc(-c3nc(-c4ccccc4)nc(-c4cccc(-c5cccc6oc7ccc(-c8ccc9c(c8)c8ccccc8n9-c8ccccc8)cc7c56)c4)n3)cc2)cc1. The van der Waals surface area contributed by atoms with E-state index in [1.165, 1.54) is 27.4 Å². The second-order valence-electron chi connectivity index (χ2n) is 15.6. The number of rotatable bonds is 7. The van der Waals surface area contributed by atoms with Crippen molar-refractivity contribution in [2.24, 2.45) is 0 Å². The van der Waals surface area contributed by atoms with Crippen molar-refractivity contribution in [1.82, 2.24) is 19.5 Å². The number of para-hydroxylation sites is 2. The van der Waals surface area contributed by atoms with E-state index in [9.17, 15) is 0 Å². The van der Waals surface area contributed by atoms with Gasteiger partial charge in [0.05, 0.1) is 11.0 Å². The molecule has 0 amide bonds. The second-order valence-corrected chi connectivity index (χ2v) is 15.6. The standard InChI is InChI=1S/C57H36N4O/c1-4-14-37(15-5-1)38-26-28-40(29-27-38)56-58-55(39-16-6-2-7-17-39)59-57(60-56)44-19-12-18-43(34-44)46-23-13-25-53-54(46)49-36-42(31-33-52(49)62-53)41-30-32-51-48(35-41)47-22-10-11-24-50(47)61(51)45-20-8-3-9-21-45/h1-36H. The summed E-state index contributed by atoms with van der Waals surface area (Å²) in [5, 5.41) is 4.59. The molecule has 5 heteroatoms. The van der Waals surface area contributed by atoms with Crippen molar-refractivity contribution in [1.29, 1.82) is 0 Å². The number of benzene rings is 9. The van der Waals surface area contributed by atoms with Gasteiger partial charge in [-0.05, 0) is 88.0 Å². The van der Waals surface area contributed by atoms with Crippen molar-refractivity contribution >= 4 is 43.7 Å². The third-order valence-corrected chi connectivity index (χ3v) is 11.9. The lowest BCUT2D eigenvalue weighted by atomic mass is 9.96. The van der Waals surface area contributed by atoms with Gasteiger partial charge in [0.2, 0.25) is 0 Å². The zero-order valence-corrected chi connectivity index (χ0v) is 33.5. The van der Waals surface area contributed by atoms with Gasteiger partial charge in [-0.15, -0.1) is 0 Å². The molecule has 0 aliphatic rings. The Labute approximate surface area is 357 Å². The summed E-state index contributed by atoms with van der Waals surface area (Å²) in [4.78, 5) is 15.2. The zero-order valence-electron chi connectivity index (χ0n) is 33.5. The maximum absolute atomic E-state index is 6.53. The molecule has 12 aromatic rings. The Morgan fingerprint density at radius 3 is 1.58 bits per heavy atom. The molecule has 0 saturated heterocycles. The molecule has 0 aliphatic carbocycles. The van der Waals surface area contributed by atoms with Crippen molar-refractivity contribution < 1.29 is 4.42 Å². The van der Waals surface area contributed by atoms with Crippen LogP contribution >= 0.6 is 0 Å². The third kappa shape index (κ3) is 6.14. The summed E-state index contributed by atoms with van der Waals surface area (Å²) >= 11 is 0. The molecule has 3 heterocycles. The van der Waals surface area contributed by atoms with Crippen molar-refractivity contribution in [3.63, 3.8) is 0 Å². The topological polar surface area (TPSA) is 56.7 Å². The minimum absolute atomic E-state index is 0.610. The molecule has 62 heavy (non-hydrogen) atoms. The van der Waals surface area contributed by atoms with E-state index in [1.807, 2.05) is 36.4 Å². The van der Waals surface area contributed by atoms with E-state index in [0.29, 0.717) is 17.5 Å². The van der Waals surface area contributed by atoms with Gasteiger partial charge < -0.3 is 8.98 Å². The number of hydrogen-bond donors (Lipinski definition) is 0. The summed E-state index contributed by atoms with van der Waals surface area (Å²) in [7, 11) is 0. The maximum atomic E-state index is 6.53. The fourth-order valence-corrected chi connectivity index (χ4v) is 8.87. The molecular weight excluding hydrogens is 757 g/mol. The van der Waals surface area contributed by atoms with Gasteiger partial charge in [0.15, 0.2) is 17.5 Å². The van der Waals surface area contributed by atoms with Crippen LogP contribution in [-0.2, 0) is 0 Å². The number of hydrogen-bond acceptors (Lipinski definition) is 4. The molecule has 0 radical (unpaired) electrons. The van der Waals surface area contributed by atoms with Crippen LogP contribution in [0.4, 0.5) is 0 Å². The van der Waals surface area contributed by atoms with Crippen LogP contribution < -0.4 is 0 Å². The van der Waals surface area contributed by atoms with Crippen LogP contribution in [0.25, 0.3) is 117 Å². The van der Waals surface area contributed by atoms with E-state index < -0.39 is 0 Å². The summed E-state index contributed by atoms with van der Waals surface area (Å²) in [5.41, 5.74) is 14.7. The van der Waals surface area contributed by atoms with E-state index >= 15 is 0 Å². The van der Waals surface area contributed by atoms with Crippen LogP contribution in [0, 0.1) is 0 Å². The van der Waals surface area contributed by atoms with Gasteiger partial charge in [0.25, 0.3) is 0 Å². The molecule has 0 spiro atoms. The highest BCUT2D eigenvalue weighted by Gasteiger charge is 2.18. The molecule has 12 rings (SSSR count). The Hall–Kier alpha value is -8.41. The van der Waals surface area contributed by atoms with Crippen molar-refractivity contribution in [3.05, 3.63) is 218 Å². The van der Waals surface area contributed by atoms with Gasteiger partial charge in [-0.1, -0.05) is 164 Å². The molecule has 0 unspecified atom stereocenters. The van der Waals surface area contributed by atoms with Gasteiger partial charge in [0, 0.05) is 43.9 Å². The van der Waals surface area contributed by atoms with E-state index in [-0.39, 0.29) is 0 Å². The molecule has 0 saturated carbocycles. The Morgan fingerprint density at radius 2 is 0.823 bits per heavy atom. The molecule has 0 N–H and O–H groups in total. The van der Waals surface area contributed by atoms with E-state index in [4.69, 9.17) is 19.4 Å². The Balaban J connectivity index is 0.959. The molecule has 0 atom stereocenters. The lowest BCUT2D eigenvalue weighted by molar-refractivity contribution is 0.669. The summed E-state index contributed by atoms with van der Waals surface area (Å²) in [5.74, 6) is 1.86. The summed E-state index contributed by atoms with van der Waals surface area (Å²) < 4.78 is 8.88. The first-order valence-corrected chi connectivity index (χ1v) is 20.8. The van der Waals surface area contributed by atoms with Crippen molar-refractivity contribution in [3.8, 4) is 73.2 Å². The highest BCUT2D eigenvalue weighted by molar-refractivity contribution is 6.14. The number of fused-ring (bicyclic) bond motifs is 6. The van der Waals surface area contributed by atoms with Crippen LogP contribution in [0.1, 0.15) is 0 Å². The van der Waals surface area contributed by atoms with E-state index in [1.54, 1.807) is 0 Å². The summed E-state index contributed by atoms with van der Waals surface area (Å²) in [6, 6.07) is 76.3. The predicted molar refractivity (Wildman–Crippen MR) is 254 cm³/mol. The minimum Gasteiger partial charge on any atom is -0.456 e. The Bertz CT molecular complexity index is 3610. The molecule has 9 aromatic carbocycles. The predicted octanol–water partition coefficient (Wildman–Crippen LogP) is 14.9. The maximum Gasteiger partial charge on any atom is 0.164 e. The highest BCUT2D eigenvalue weighted by atomic mass is 16.3. The average molecular weight is 793 g/mol. The summed E-state index contributed by atoms with van der Waals surface area (Å²) in [6.45, 7) is 0. The van der Waals surface area contributed by atoms with Gasteiger partial charge in [0.1, 0.15) is 11.2 Å². The fraction of sp³-hybridized carbons (Fsp3) is 0. The number of aromatic nitrogens is 4. The fourth-order valence-electron chi connectivity index (χ4n) is 8.87. The van der Waals surface area contributed by atoms with Gasteiger partial charge in [-0.3, -0.25) is 0 Å². The normalized spacial score (nSPS) is 11.5. The largest absolute Gasteiger partial charge is 0.456 e. The lowest BCUT2D eigenvalue weighted by Crippen LogP contribution is -2.00. The summed E-state index contributed by atoms with van der Waals surface area (Å²) in [6.07, 6.45) is 0. The van der Waals surface area contributed by atoms with E-state index in [0.717, 1.165) is 72.1 Å². The first kappa shape index (κ1) is 35.5. The van der Waals surface area contributed by atoms with E-state index in [2.05, 4.69) is 187 Å². The molecule has 0 bridgehead atoms. The third-order valence-electron chi connectivity index (χ3n) is 11.9. The molecule has 0 fully saturated rings. The zero-order chi connectivity index (χ0) is 41.0. The van der Waals surface area contributed by atoms with Crippen LogP contribution in [0.5, 0.6) is 0 Å². The average Bonchev–Trinajstić information content (AvgIpc) is 3.90. The van der Waals surface area contributed by atoms with Gasteiger partial charge in [-0.2, -0.15) is 0 Å². The number of nitrogens with zero attached hydrogens (tertiary/aromatic N) is 4. The first-order valence-electron chi connectivity index (χ1n) is 20.8. The molecular formula is C57H36N4O. The first-order chi connectivity index (χ1) is 30.7. The minimum atomic E-state index is 0.610. The Kier molecular flexibility index (Phi) is 8.42. The van der Waals surface area contributed by atoms with Crippen LogP contribution in [-0.4, -0.2) is 19.5 Å². The second kappa shape index (κ2) is 14.7. The lowest BCUT2D eigenvalue weighted by Gasteiger charge is -2.11. The molecule has 5 nitrogen and oxygen atoms in total. The van der Waals surface area contributed by atoms with Crippen molar-refractivity contribution in [2.75, 3.05) is 0 Å². The van der Waals surface area contributed by atoms with Crippen LogP contribution in [0.2, 0.25) is 0 Å². The quantitative estimate of drug-likeness (QED) is 0.161. The monoisotopic (exact) mass is 792 g/mol. The Morgan fingerprint density at radius 1 is 0.306 bits per heavy atom.